The van der Waals surface area contributed by atoms with Gasteiger partial charge in [-0.15, -0.1) is 0 Å². The largest absolute Gasteiger partial charge is 0.481 e. The fourth-order valence-corrected chi connectivity index (χ4v) is 3.09. The number of amides is 1. The molecule has 3 unspecified atom stereocenters. The van der Waals surface area contributed by atoms with Gasteiger partial charge in [0.2, 0.25) is 5.91 Å². The Morgan fingerprint density at radius 3 is 2.64 bits per heavy atom. The highest BCUT2D eigenvalue weighted by molar-refractivity contribution is 5.82. The lowest BCUT2D eigenvalue weighted by molar-refractivity contribution is -0.146. The summed E-state index contributed by atoms with van der Waals surface area (Å²) in [4.78, 5) is 22.2. The topological polar surface area (TPSA) is 80.4 Å². The van der Waals surface area contributed by atoms with E-state index in [0.29, 0.717) is 12.3 Å². The fraction of sp³-hybridized carbons (Fsp3) is 0.800. The molecule has 0 radical (unpaired) electrons. The van der Waals surface area contributed by atoms with Gasteiger partial charge in [0.25, 0.3) is 0 Å². The number of carboxylic acid groups (broad SMARTS) is 1. The summed E-state index contributed by atoms with van der Waals surface area (Å²) in [6.45, 7) is 0. The highest BCUT2D eigenvalue weighted by atomic mass is 16.4. The molecule has 0 aromatic carbocycles. The van der Waals surface area contributed by atoms with E-state index in [1.165, 1.54) is 0 Å². The number of nitrogens with two attached hydrogens (primary N) is 1. The number of fused-ring (bicyclic) bond motifs is 2. The van der Waals surface area contributed by atoms with E-state index in [2.05, 4.69) is 0 Å². The quantitative estimate of drug-likeness (QED) is 0.685. The number of carbonyl (C=O) groups is 2. The Labute approximate surface area is 82.5 Å². The first-order valence-corrected chi connectivity index (χ1v) is 5.06. The van der Waals surface area contributed by atoms with Gasteiger partial charge in [0.05, 0.1) is 11.3 Å². The molecule has 0 saturated heterocycles. The van der Waals surface area contributed by atoms with Crippen LogP contribution in [0.5, 0.6) is 0 Å². The maximum Gasteiger partial charge on any atom is 0.306 e. The lowest BCUT2D eigenvalue weighted by atomic mass is 9.70. The maximum atomic E-state index is 11.3. The van der Waals surface area contributed by atoms with Crippen molar-refractivity contribution in [2.75, 3.05) is 0 Å². The Hall–Kier alpha value is -1.06. The van der Waals surface area contributed by atoms with Crippen LogP contribution >= 0.6 is 0 Å². The zero-order chi connectivity index (χ0) is 10.3. The minimum absolute atomic E-state index is 0.300. The number of carboxylic acids is 1. The van der Waals surface area contributed by atoms with Crippen molar-refractivity contribution in [2.45, 2.75) is 32.1 Å². The number of primary amides is 1. The van der Waals surface area contributed by atoms with Gasteiger partial charge < -0.3 is 10.8 Å². The molecular weight excluding hydrogens is 182 g/mol. The van der Waals surface area contributed by atoms with Crippen LogP contribution in [0.25, 0.3) is 0 Å². The molecule has 4 nitrogen and oxygen atoms in total. The first kappa shape index (κ1) is 9.49. The lowest BCUT2D eigenvalue weighted by Crippen LogP contribution is -2.40. The molecule has 0 aromatic heterocycles. The molecule has 3 atom stereocenters. The Morgan fingerprint density at radius 1 is 1.36 bits per heavy atom. The van der Waals surface area contributed by atoms with Gasteiger partial charge in [-0.1, -0.05) is 0 Å². The van der Waals surface area contributed by atoms with Crippen LogP contribution in [0.4, 0.5) is 0 Å². The predicted octanol–water partition coefficient (Wildman–Crippen LogP) is 0.753. The molecule has 78 valence electrons. The van der Waals surface area contributed by atoms with Gasteiger partial charge in [-0.05, 0) is 38.0 Å². The Morgan fingerprint density at radius 2 is 2.07 bits per heavy atom. The third-order valence-electron chi connectivity index (χ3n) is 3.84. The standard InChI is InChI=1S/C10H15NO3/c11-9(14)10-2-1-6(4-10)3-7(5-10)8(12)13/h6-7H,1-5H2,(H2,11,14)(H,12,13). The summed E-state index contributed by atoms with van der Waals surface area (Å²) >= 11 is 0. The van der Waals surface area contributed by atoms with Gasteiger partial charge in [0.15, 0.2) is 0 Å². The minimum atomic E-state index is -0.776. The molecule has 2 aliphatic rings. The second kappa shape index (κ2) is 2.97. The molecule has 0 aromatic rings. The van der Waals surface area contributed by atoms with Crippen LogP contribution in [0, 0.1) is 17.3 Å². The molecule has 4 heteroatoms. The average molecular weight is 197 g/mol. The second-order valence-corrected chi connectivity index (χ2v) is 4.73. The Balaban J connectivity index is 2.21. The first-order valence-electron chi connectivity index (χ1n) is 5.06. The van der Waals surface area contributed by atoms with E-state index in [1.807, 2.05) is 0 Å². The monoisotopic (exact) mass is 197 g/mol. The van der Waals surface area contributed by atoms with Crippen LogP contribution in [-0.2, 0) is 9.59 Å². The van der Waals surface area contributed by atoms with E-state index in [1.54, 1.807) is 0 Å². The number of hydrogen-bond acceptors (Lipinski definition) is 2. The molecule has 1 amide bonds. The maximum absolute atomic E-state index is 11.3. The zero-order valence-corrected chi connectivity index (χ0v) is 8.03. The zero-order valence-electron chi connectivity index (χ0n) is 8.03. The summed E-state index contributed by atoms with van der Waals surface area (Å²) in [6, 6.07) is 0. The molecule has 14 heavy (non-hydrogen) atoms. The number of rotatable bonds is 2. The molecule has 0 aliphatic heterocycles. The lowest BCUT2D eigenvalue weighted by Gasteiger charge is -2.33. The SMILES string of the molecule is NC(=O)C12CCC(CC(C(=O)O)C1)C2. The molecule has 2 aliphatic carbocycles. The van der Waals surface area contributed by atoms with Crippen LogP contribution in [0.2, 0.25) is 0 Å². The molecule has 0 heterocycles. The second-order valence-electron chi connectivity index (χ2n) is 4.73. The van der Waals surface area contributed by atoms with E-state index in [9.17, 15) is 9.59 Å². The molecule has 2 saturated carbocycles. The van der Waals surface area contributed by atoms with Crippen molar-refractivity contribution in [3.63, 3.8) is 0 Å². The molecule has 3 N–H and O–H groups in total. The highest BCUT2D eigenvalue weighted by Gasteiger charge is 2.50. The van der Waals surface area contributed by atoms with E-state index in [-0.39, 0.29) is 11.8 Å². The molecule has 2 fully saturated rings. The van der Waals surface area contributed by atoms with E-state index in [0.717, 1.165) is 25.7 Å². The average Bonchev–Trinajstić information content (AvgIpc) is 2.43. The molecule has 0 spiro atoms. The van der Waals surface area contributed by atoms with Crippen molar-refractivity contribution in [2.24, 2.45) is 23.0 Å². The summed E-state index contributed by atoms with van der Waals surface area (Å²) in [5, 5.41) is 8.95. The van der Waals surface area contributed by atoms with Crippen molar-refractivity contribution in [3.8, 4) is 0 Å². The van der Waals surface area contributed by atoms with Crippen LogP contribution in [0.3, 0.4) is 0 Å². The van der Waals surface area contributed by atoms with Gasteiger partial charge in [-0.3, -0.25) is 9.59 Å². The van der Waals surface area contributed by atoms with Crippen LogP contribution in [0.1, 0.15) is 32.1 Å². The van der Waals surface area contributed by atoms with Crippen LogP contribution in [-0.4, -0.2) is 17.0 Å². The minimum Gasteiger partial charge on any atom is -0.481 e. The molecular formula is C10H15NO3. The van der Waals surface area contributed by atoms with Gasteiger partial charge in [0.1, 0.15) is 0 Å². The van der Waals surface area contributed by atoms with Gasteiger partial charge in [-0.25, -0.2) is 0 Å². The van der Waals surface area contributed by atoms with Crippen molar-refractivity contribution in [1.29, 1.82) is 0 Å². The van der Waals surface area contributed by atoms with Crippen molar-refractivity contribution in [3.05, 3.63) is 0 Å². The van der Waals surface area contributed by atoms with Gasteiger partial charge in [0, 0.05) is 0 Å². The van der Waals surface area contributed by atoms with Crippen LogP contribution in [0.15, 0.2) is 0 Å². The number of hydrogen-bond donors (Lipinski definition) is 2. The highest BCUT2D eigenvalue weighted by Crippen LogP contribution is 2.53. The summed E-state index contributed by atoms with van der Waals surface area (Å²) in [6.07, 6.45) is 3.74. The summed E-state index contributed by atoms with van der Waals surface area (Å²) in [5.74, 6) is -1.03. The molecule has 2 rings (SSSR count). The van der Waals surface area contributed by atoms with E-state index < -0.39 is 11.4 Å². The van der Waals surface area contributed by atoms with Gasteiger partial charge in [-0.2, -0.15) is 0 Å². The van der Waals surface area contributed by atoms with E-state index in [4.69, 9.17) is 10.8 Å². The Bertz CT molecular complexity index is 289. The number of aliphatic carboxylic acids is 1. The van der Waals surface area contributed by atoms with Gasteiger partial charge >= 0.3 is 5.97 Å². The third kappa shape index (κ3) is 1.29. The first-order chi connectivity index (χ1) is 6.53. The number of carbonyl (C=O) groups excluding carboxylic acids is 1. The molecule has 2 bridgehead atoms. The smallest absolute Gasteiger partial charge is 0.306 e. The third-order valence-corrected chi connectivity index (χ3v) is 3.84. The summed E-state index contributed by atoms with van der Waals surface area (Å²) in [5.41, 5.74) is 4.88. The predicted molar refractivity (Wildman–Crippen MR) is 49.3 cm³/mol. The van der Waals surface area contributed by atoms with Crippen molar-refractivity contribution >= 4 is 11.9 Å². The Kier molecular flexibility index (Phi) is 2.01. The summed E-state index contributed by atoms with van der Waals surface area (Å²) in [7, 11) is 0. The fourth-order valence-electron chi connectivity index (χ4n) is 3.09. The normalized spacial score (nSPS) is 40.9. The van der Waals surface area contributed by atoms with Crippen molar-refractivity contribution < 1.29 is 14.7 Å². The van der Waals surface area contributed by atoms with Crippen LogP contribution < -0.4 is 5.73 Å². The summed E-state index contributed by atoms with van der Waals surface area (Å²) < 4.78 is 0. The van der Waals surface area contributed by atoms with E-state index >= 15 is 0 Å². The van der Waals surface area contributed by atoms with Crippen molar-refractivity contribution in [1.82, 2.24) is 0 Å².